The first-order valence-corrected chi connectivity index (χ1v) is 6.14. The smallest absolute Gasteiger partial charge is 0.210 e. The molecule has 0 N–H and O–H groups in total. The Morgan fingerprint density at radius 3 is 2.68 bits per heavy atom. The second-order valence-electron chi connectivity index (χ2n) is 4.36. The highest BCUT2D eigenvalue weighted by molar-refractivity contribution is 5.59. The van der Waals surface area contributed by atoms with Gasteiger partial charge in [-0.25, -0.2) is 0 Å². The monoisotopic (exact) mass is 264 g/mol. The zero-order valence-corrected chi connectivity index (χ0v) is 11.4. The Hall–Kier alpha value is -1.88. The first-order valence-electron chi connectivity index (χ1n) is 6.14. The molecule has 0 aliphatic carbocycles. The van der Waals surface area contributed by atoms with E-state index in [-0.39, 0.29) is 6.54 Å². The van der Waals surface area contributed by atoms with Crippen LogP contribution in [0.2, 0.25) is 0 Å². The molecular formula is C14H20N2O3. The fraction of sp³-hybridized carbons (Fsp3) is 0.429. The van der Waals surface area contributed by atoms with Crippen LogP contribution in [-0.4, -0.2) is 56.3 Å². The number of likely N-dealkylation sites (N-methyl/N-ethyl adjacent to an activating group) is 1. The third kappa shape index (κ3) is 5.52. The van der Waals surface area contributed by atoms with Crippen molar-refractivity contribution in [3.05, 3.63) is 29.8 Å². The summed E-state index contributed by atoms with van der Waals surface area (Å²) in [4.78, 5) is 24.6. The van der Waals surface area contributed by atoms with Gasteiger partial charge in [0.1, 0.15) is 12.0 Å². The molecule has 1 amide bonds. The molecule has 0 bridgehead atoms. The van der Waals surface area contributed by atoms with E-state index in [0.717, 1.165) is 24.1 Å². The van der Waals surface area contributed by atoms with Crippen LogP contribution in [0.25, 0.3) is 0 Å². The second-order valence-corrected chi connectivity index (χ2v) is 4.36. The zero-order valence-electron chi connectivity index (χ0n) is 11.4. The Kier molecular flexibility index (Phi) is 6.60. The third-order valence-corrected chi connectivity index (χ3v) is 2.81. The number of nitrogens with zero attached hydrogens (tertiary/aromatic N) is 2. The van der Waals surface area contributed by atoms with Gasteiger partial charge in [-0.3, -0.25) is 4.79 Å². The normalized spacial score (nSPS) is 10.3. The van der Waals surface area contributed by atoms with Gasteiger partial charge in [0.15, 0.2) is 0 Å². The molecule has 0 aliphatic heterocycles. The average Bonchev–Trinajstić information content (AvgIpc) is 2.43. The summed E-state index contributed by atoms with van der Waals surface area (Å²) in [5.41, 5.74) is 1.15. The maximum atomic E-state index is 10.7. The van der Waals surface area contributed by atoms with E-state index in [1.54, 1.807) is 7.11 Å². The average molecular weight is 264 g/mol. The van der Waals surface area contributed by atoms with E-state index in [0.29, 0.717) is 19.5 Å². The Morgan fingerprint density at radius 1 is 1.26 bits per heavy atom. The first kappa shape index (κ1) is 15.2. The summed E-state index contributed by atoms with van der Waals surface area (Å²) in [7, 11) is 3.62. The van der Waals surface area contributed by atoms with Gasteiger partial charge in [-0.1, -0.05) is 12.1 Å². The van der Waals surface area contributed by atoms with Crippen LogP contribution in [0, 0.1) is 0 Å². The molecule has 0 aliphatic rings. The molecule has 5 heteroatoms. The van der Waals surface area contributed by atoms with E-state index in [2.05, 4.69) is 4.90 Å². The topological polar surface area (TPSA) is 49.9 Å². The molecule has 0 radical (unpaired) electrons. The van der Waals surface area contributed by atoms with Crippen LogP contribution < -0.4 is 4.74 Å². The van der Waals surface area contributed by atoms with Crippen LogP contribution in [0.5, 0.6) is 5.75 Å². The molecule has 0 spiro atoms. The summed E-state index contributed by atoms with van der Waals surface area (Å²) in [6.07, 6.45) is 1.43. The van der Waals surface area contributed by atoms with Crippen molar-refractivity contribution in [3.8, 4) is 5.75 Å². The molecule has 0 unspecified atom stereocenters. The number of amides is 1. The summed E-state index contributed by atoms with van der Waals surface area (Å²) in [5.74, 6) is 0.835. The van der Waals surface area contributed by atoms with Gasteiger partial charge in [0.05, 0.1) is 13.7 Å². The van der Waals surface area contributed by atoms with Crippen molar-refractivity contribution in [1.29, 1.82) is 0 Å². The quantitative estimate of drug-likeness (QED) is 0.619. The van der Waals surface area contributed by atoms with Crippen molar-refractivity contribution in [3.63, 3.8) is 0 Å². The van der Waals surface area contributed by atoms with Gasteiger partial charge in [-0.15, -0.1) is 0 Å². The van der Waals surface area contributed by atoms with E-state index in [1.807, 2.05) is 31.3 Å². The van der Waals surface area contributed by atoms with E-state index in [1.165, 1.54) is 4.90 Å². The Labute approximate surface area is 113 Å². The Bertz CT molecular complexity index is 409. The lowest BCUT2D eigenvalue weighted by Crippen LogP contribution is -2.33. The molecular weight excluding hydrogens is 244 g/mol. The third-order valence-electron chi connectivity index (χ3n) is 2.81. The van der Waals surface area contributed by atoms with Crippen molar-refractivity contribution < 1.29 is 14.3 Å². The van der Waals surface area contributed by atoms with E-state index >= 15 is 0 Å². The fourth-order valence-corrected chi connectivity index (χ4v) is 1.74. The lowest BCUT2D eigenvalue weighted by Gasteiger charge is -2.21. The number of benzene rings is 1. The van der Waals surface area contributed by atoms with Crippen LogP contribution >= 0.6 is 0 Å². The second kappa shape index (κ2) is 8.26. The van der Waals surface area contributed by atoms with Crippen molar-refractivity contribution in [2.45, 2.75) is 6.54 Å². The van der Waals surface area contributed by atoms with Crippen LogP contribution in [0.3, 0.4) is 0 Å². The summed E-state index contributed by atoms with van der Waals surface area (Å²) in [6.45, 7) is 2.17. The minimum Gasteiger partial charge on any atom is -0.497 e. The number of hydrogen-bond donors (Lipinski definition) is 0. The fourth-order valence-electron chi connectivity index (χ4n) is 1.74. The van der Waals surface area contributed by atoms with Gasteiger partial charge in [0.2, 0.25) is 6.41 Å². The number of hydrogen-bond acceptors (Lipinski definition) is 4. The molecule has 0 fully saturated rings. The molecule has 0 saturated carbocycles. The van der Waals surface area contributed by atoms with Crippen LogP contribution in [0.1, 0.15) is 5.56 Å². The number of methoxy groups -OCH3 is 1. The highest BCUT2D eigenvalue weighted by Gasteiger charge is 2.05. The molecule has 104 valence electrons. The minimum absolute atomic E-state index is 0.149. The number of ether oxygens (including phenoxy) is 1. The predicted octanol–water partition coefficient (Wildman–Crippen LogP) is 0.784. The van der Waals surface area contributed by atoms with Crippen molar-refractivity contribution in [2.24, 2.45) is 0 Å². The van der Waals surface area contributed by atoms with Crippen molar-refractivity contribution in [2.75, 3.05) is 33.8 Å². The maximum absolute atomic E-state index is 10.7. The molecule has 0 heterocycles. The summed E-state index contributed by atoms with van der Waals surface area (Å²) >= 11 is 0. The molecule has 0 saturated heterocycles. The largest absolute Gasteiger partial charge is 0.497 e. The number of aldehydes is 1. The molecule has 1 aromatic carbocycles. The van der Waals surface area contributed by atoms with Crippen LogP contribution in [0.15, 0.2) is 24.3 Å². The summed E-state index contributed by atoms with van der Waals surface area (Å²) in [6, 6.07) is 7.87. The Balaban J connectivity index is 2.43. The molecule has 1 rings (SSSR count). The van der Waals surface area contributed by atoms with E-state index in [9.17, 15) is 9.59 Å². The van der Waals surface area contributed by atoms with Crippen molar-refractivity contribution in [1.82, 2.24) is 9.80 Å². The van der Waals surface area contributed by atoms with Gasteiger partial charge in [-0.2, -0.15) is 0 Å². The van der Waals surface area contributed by atoms with Crippen LogP contribution in [0.4, 0.5) is 0 Å². The van der Waals surface area contributed by atoms with Gasteiger partial charge in [0.25, 0.3) is 0 Å². The first-order chi connectivity index (χ1) is 9.19. The summed E-state index contributed by atoms with van der Waals surface area (Å²) < 4.78 is 5.17. The maximum Gasteiger partial charge on any atom is 0.210 e. The van der Waals surface area contributed by atoms with Gasteiger partial charge < -0.3 is 19.3 Å². The molecule has 1 aromatic rings. The number of carbonyl (C=O) groups is 2. The van der Waals surface area contributed by atoms with Gasteiger partial charge >= 0.3 is 0 Å². The lowest BCUT2D eigenvalue weighted by atomic mass is 10.2. The van der Waals surface area contributed by atoms with E-state index in [4.69, 9.17) is 4.74 Å². The minimum atomic E-state index is 0.149. The van der Waals surface area contributed by atoms with Gasteiger partial charge in [0, 0.05) is 19.6 Å². The highest BCUT2D eigenvalue weighted by Crippen LogP contribution is 2.13. The molecule has 0 aromatic heterocycles. The molecule has 19 heavy (non-hydrogen) atoms. The number of rotatable bonds is 9. The highest BCUT2D eigenvalue weighted by atomic mass is 16.5. The molecule has 0 atom stereocenters. The number of carbonyl (C=O) groups excluding carboxylic acids is 2. The lowest BCUT2D eigenvalue weighted by molar-refractivity contribution is -0.121. The zero-order chi connectivity index (χ0) is 14.1. The summed E-state index contributed by atoms with van der Waals surface area (Å²) in [5, 5.41) is 0. The molecule has 5 nitrogen and oxygen atoms in total. The van der Waals surface area contributed by atoms with E-state index < -0.39 is 0 Å². The Morgan fingerprint density at radius 2 is 2.05 bits per heavy atom. The SMILES string of the molecule is COc1cccc(CN(C)CCN(C=O)CC=O)c1. The predicted molar refractivity (Wildman–Crippen MR) is 73.0 cm³/mol. The van der Waals surface area contributed by atoms with Crippen molar-refractivity contribution >= 4 is 12.7 Å². The van der Waals surface area contributed by atoms with Crippen LogP contribution in [-0.2, 0) is 16.1 Å². The standard InChI is InChI=1S/C14H20N2O3/c1-15(6-7-16(12-18)8-9-17)11-13-4-3-5-14(10-13)19-2/h3-5,9-10,12H,6-8,11H2,1-2H3. The van der Waals surface area contributed by atoms with Gasteiger partial charge in [-0.05, 0) is 24.7 Å².